The predicted molar refractivity (Wildman–Crippen MR) is 70.4 cm³/mol. The summed E-state index contributed by atoms with van der Waals surface area (Å²) < 4.78 is 0. The maximum Gasteiger partial charge on any atom is 0.254 e. The van der Waals surface area contributed by atoms with Crippen molar-refractivity contribution >= 4 is 12.2 Å². The molecule has 0 N–H and O–H groups in total. The van der Waals surface area contributed by atoms with Crippen molar-refractivity contribution in [1.29, 1.82) is 0 Å². The van der Waals surface area contributed by atoms with Gasteiger partial charge in [-0.25, -0.2) is 0 Å². The van der Waals surface area contributed by atoms with Crippen molar-refractivity contribution in [3.63, 3.8) is 0 Å². The van der Waals surface area contributed by atoms with Crippen LogP contribution in [-0.2, 0) is 0 Å². The van der Waals surface area contributed by atoms with Crippen LogP contribution in [0.5, 0.6) is 0 Å². The lowest BCUT2D eigenvalue weighted by Gasteiger charge is -2.21. The van der Waals surface area contributed by atoms with E-state index in [9.17, 15) is 9.59 Å². The highest BCUT2D eigenvalue weighted by Gasteiger charge is 2.16. The maximum absolute atomic E-state index is 11.9. The van der Waals surface area contributed by atoms with Gasteiger partial charge < -0.3 is 4.90 Å². The number of aldehydes is 1. The van der Waals surface area contributed by atoms with E-state index in [0.29, 0.717) is 17.4 Å². The third kappa shape index (κ3) is 4.02. The lowest BCUT2D eigenvalue weighted by atomic mass is 10.1. The van der Waals surface area contributed by atoms with Crippen molar-refractivity contribution in [2.45, 2.75) is 33.7 Å². The van der Waals surface area contributed by atoms with Crippen molar-refractivity contribution in [3.8, 4) is 0 Å². The molecule has 1 aromatic carbocycles. The SMILES string of the molecule is CC.CC(C)N(C)C(=O)c1ccccc1C=O. The summed E-state index contributed by atoms with van der Waals surface area (Å²) >= 11 is 0. The molecule has 0 fully saturated rings. The first-order chi connectivity index (χ1) is 8.07. The van der Waals surface area contributed by atoms with Gasteiger partial charge in [-0.3, -0.25) is 9.59 Å². The van der Waals surface area contributed by atoms with E-state index in [0.717, 1.165) is 0 Å². The van der Waals surface area contributed by atoms with Crippen LogP contribution < -0.4 is 0 Å². The number of carbonyl (C=O) groups is 2. The third-order valence-corrected chi connectivity index (χ3v) is 2.41. The van der Waals surface area contributed by atoms with Crippen LogP contribution in [0.3, 0.4) is 0 Å². The van der Waals surface area contributed by atoms with E-state index in [1.54, 1.807) is 36.2 Å². The molecular formula is C14H21NO2. The van der Waals surface area contributed by atoms with E-state index >= 15 is 0 Å². The van der Waals surface area contributed by atoms with Gasteiger partial charge in [-0.15, -0.1) is 0 Å². The van der Waals surface area contributed by atoms with Crippen molar-refractivity contribution in [1.82, 2.24) is 4.90 Å². The normalized spacial score (nSPS) is 9.29. The molecule has 0 heterocycles. The predicted octanol–water partition coefficient (Wildman–Crippen LogP) is 3.01. The number of carbonyl (C=O) groups excluding carboxylic acids is 2. The highest BCUT2D eigenvalue weighted by molar-refractivity contribution is 6.01. The quantitative estimate of drug-likeness (QED) is 0.755. The van der Waals surface area contributed by atoms with Gasteiger partial charge in [-0.1, -0.05) is 32.0 Å². The van der Waals surface area contributed by atoms with Crippen LogP contribution in [0.2, 0.25) is 0 Å². The lowest BCUT2D eigenvalue weighted by Crippen LogP contribution is -2.33. The molecular weight excluding hydrogens is 214 g/mol. The summed E-state index contributed by atoms with van der Waals surface area (Å²) in [6.45, 7) is 7.86. The Morgan fingerprint density at radius 2 is 1.76 bits per heavy atom. The fourth-order valence-electron chi connectivity index (χ4n) is 1.22. The van der Waals surface area contributed by atoms with Gasteiger partial charge in [0.25, 0.3) is 5.91 Å². The number of hydrogen-bond acceptors (Lipinski definition) is 2. The van der Waals surface area contributed by atoms with Gasteiger partial charge in [0.1, 0.15) is 0 Å². The Hall–Kier alpha value is -1.64. The average molecular weight is 235 g/mol. The van der Waals surface area contributed by atoms with Crippen molar-refractivity contribution in [3.05, 3.63) is 35.4 Å². The van der Waals surface area contributed by atoms with Crippen LogP contribution in [-0.4, -0.2) is 30.2 Å². The Labute approximate surface area is 103 Å². The topological polar surface area (TPSA) is 37.4 Å². The molecule has 3 heteroatoms. The zero-order valence-corrected chi connectivity index (χ0v) is 11.2. The molecule has 0 aliphatic carbocycles. The zero-order chi connectivity index (χ0) is 13.4. The molecule has 1 rings (SSSR count). The van der Waals surface area contributed by atoms with Crippen LogP contribution in [0.1, 0.15) is 48.4 Å². The van der Waals surface area contributed by atoms with Gasteiger partial charge in [-0.05, 0) is 19.9 Å². The molecule has 0 aromatic heterocycles. The third-order valence-electron chi connectivity index (χ3n) is 2.41. The van der Waals surface area contributed by atoms with E-state index < -0.39 is 0 Å². The Morgan fingerprint density at radius 3 is 2.24 bits per heavy atom. The maximum atomic E-state index is 11.9. The fraction of sp³-hybridized carbons (Fsp3) is 0.429. The molecule has 0 atom stereocenters. The summed E-state index contributed by atoms with van der Waals surface area (Å²) in [4.78, 5) is 24.3. The summed E-state index contributed by atoms with van der Waals surface area (Å²) in [5, 5.41) is 0. The highest BCUT2D eigenvalue weighted by atomic mass is 16.2. The molecule has 1 amide bonds. The number of rotatable bonds is 3. The van der Waals surface area contributed by atoms with Crippen LogP contribution in [0.25, 0.3) is 0 Å². The van der Waals surface area contributed by atoms with E-state index in [-0.39, 0.29) is 11.9 Å². The summed E-state index contributed by atoms with van der Waals surface area (Å²) in [6, 6.07) is 6.95. The van der Waals surface area contributed by atoms with Gasteiger partial charge in [0, 0.05) is 18.7 Å². The minimum absolute atomic E-state index is 0.118. The summed E-state index contributed by atoms with van der Waals surface area (Å²) in [6.07, 6.45) is 0.710. The minimum atomic E-state index is -0.118. The second kappa shape index (κ2) is 7.60. The van der Waals surface area contributed by atoms with Crippen LogP contribution in [0.15, 0.2) is 24.3 Å². The van der Waals surface area contributed by atoms with Gasteiger partial charge >= 0.3 is 0 Å². The molecule has 0 spiro atoms. The van der Waals surface area contributed by atoms with Crippen molar-refractivity contribution in [2.75, 3.05) is 7.05 Å². The molecule has 0 unspecified atom stereocenters. The first kappa shape index (κ1) is 15.4. The Kier molecular flexibility index (Phi) is 6.87. The molecule has 3 nitrogen and oxygen atoms in total. The Morgan fingerprint density at radius 1 is 1.24 bits per heavy atom. The zero-order valence-electron chi connectivity index (χ0n) is 11.2. The first-order valence-corrected chi connectivity index (χ1v) is 5.89. The molecule has 0 saturated heterocycles. The number of hydrogen-bond donors (Lipinski definition) is 0. The van der Waals surface area contributed by atoms with E-state index in [1.165, 1.54) is 0 Å². The van der Waals surface area contributed by atoms with E-state index in [2.05, 4.69) is 0 Å². The second-order valence-electron chi connectivity index (χ2n) is 3.71. The molecule has 0 saturated carbocycles. The monoisotopic (exact) mass is 235 g/mol. The number of amides is 1. The number of benzene rings is 1. The van der Waals surface area contributed by atoms with Gasteiger partial charge in [0.15, 0.2) is 6.29 Å². The van der Waals surface area contributed by atoms with E-state index in [4.69, 9.17) is 0 Å². The highest BCUT2D eigenvalue weighted by Crippen LogP contribution is 2.10. The standard InChI is InChI=1S/C12H15NO2.C2H6/c1-9(2)13(3)12(15)11-7-5-4-6-10(11)8-14;1-2/h4-9H,1-3H3;1-2H3. The van der Waals surface area contributed by atoms with Gasteiger partial charge in [-0.2, -0.15) is 0 Å². The largest absolute Gasteiger partial charge is 0.339 e. The van der Waals surface area contributed by atoms with Gasteiger partial charge in [0.05, 0.1) is 5.56 Å². The molecule has 94 valence electrons. The van der Waals surface area contributed by atoms with Crippen molar-refractivity contribution in [2.24, 2.45) is 0 Å². The van der Waals surface area contributed by atoms with Crippen LogP contribution >= 0.6 is 0 Å². The molecule has 0 aliphatic heterocycles. The Balaban J connectivity index is 0.00000121. The number of nitrogens with zero attached hydrogens (tertiary/aromatic N) is 1. The lowest BCUT2D eigenvalue weighted by molar-refractivity contribution is 0.0752. The van der Waals surface area contributed by atoms with Crippen molar-refractivity contribution < 1.29 is 9.59 Å². The minimum Gasteiger partial charge on any atom is -0.339 e. The molecule has 1 aromatic rings. The molecule has 0 radical (unpaired) electrons. The molecule has 17 heavy (non-hydrogen) atoms. The Bertz CT molecular complexity index is 372. The van der Waals surface area contributed by atoms with Crippen LogP contribution in [0.4, 0.5) is 0 Å². The summed E-state index contributed by atoms with van der Waals surface area (Å²) in [7, 11) is 1.73. The second-order valence-corrected chi connectivity index (χ2v) is 3.71. The van der Waals surface area contributed by atoms with Gasteiger partial charge in [0.2, 0.25) is 0 Å². The summed E-state index contributed by atoms with van der Waals surface area (Å²) in [5.74, 6) is -0.118. The molecule has 0 bridgehead atoms. The fourth-order valence-corrected chi connectivity index (χ4v) is 1.22. The smallest absolute Gasteiger partial charge is 0.254 e. The van der Waals surface area contributed by atoms with Crippen LogP contribution in [0, 0.1) is 0 Å². The van der Waals surface area contributed by atoms with E-state index in [1.807, 2.05) is 27.7 Å². The summed E-state index contributed by atoms with van der Waals surface area (Å²) in [5.41, 5.74) is 0.902. The first-order valence-electron chi connectivity index (χ1n) is 5.89. The average Bonchev–Trinajstić information content (AvgIpc) is 2.39. The molecule has 0 aliphatic rings.